The number of aliphatic hydroxyl groups excluding tert-OH is 2. The van der Waals surface area contributed by atoms with Gasteiger partial charge in [-0.3, -0.25) is 14.4 Å². The third-order valence-corrected chi connectivity index (χ3v) is 28.1. The zero-order valence-corrected chi connectivity index (χ0v) is 84.3. The Morgan fingerprint density at radius 1 is 0.389 bits per heavy atom. The fraction of sp³-hybridized carbons (Fsp3) is 0.406. The molecule has 131 heavy (non-hydrogen) atoms. The topological polar surface area (TPSA) is 426 Å². The fourth-order valence-electron chi connectivity index (χ4n) is 15.5. The van der Waals surface area contributed by atoms with Crippen LogP contribution in [0.3, 0.4) is 0 Å². The monoisotopic (exact) mass is 1900 g/mol. The minimum absolute atomic E-state index is 0. The van der Waals surface area contributed by atoms with Gasteiger partial charge in [0.05, 0.1) is 71.8 Å². The van der Waals surface area contributed by atoms with Crippen LogP contribution in [0.4, 0.5) is 25.8 Å². The maximum absolute atomic E-state index is 14.2. The number of hydrogen-bond donors (Lipinski definition) is 11. The number of phosphoric ester groups is 1. The average molecular weight is 1900 g/mol. The Morgan fingerprint density at radius 3 is 0.870 bits per heavy atom. The molecule has 0 radical (unpaired) electrons. The van der Waals surface area contributed by atoms with E-state index in [0.29, 0.717) is 76.7 Å². The smallest absolute Gasteiger partial charge is 0.790 e. The van der Waals surface area contributed by atoms with Gasteiger partial charge in [-0.05, 0) is 171 Å². The van der Waals surface area contributed by atoms with Gasteiger partial charge >= 0.3 is 59.1 Å². The van der Waals surface area contributed by atoms with Crippen molar-refractivity contribution < 1.29 is 137 Å². The van der Waals surface area contributed by atoms with Crippen LogP contribution in [0.2, 0.25) is 0 Å². The molecule has 0 heterocycles. The van der Waals surface area contributed by atoms with Crippen molar-refractivity contribution in [3.8, 4) is 0 Å². The molecule has 27 nitrogen and oxygen atoms in total. The van der Waals surface area contributed by atoms with Crippen LogP contribution in [0.25, 0.3) is 0 Å². The maximum Gasteiger partial charge on any atom is 1.00 e. The van der Waals surface area contributed by atoms with Crippen molar-refractivity contribution in [2.75, 3.05) is 97.4 Å². The summed E-state index contributed by atoms with van der Waals surface area (Å²) in [5, 5.41) is 38.9. The van der Waals surface area contributed by atoms with Crippen molar-refractivity contribution >= 4 is 72.7 Å². The first-order valence-electron chi connectivity index (χ1n) is 43.6. The van der Waals surface area contributed by atoms with E-state index in [0.717, 1.165) is 62.0 Å². The number of nitrogens with one attached hydrogen (secondary N) is 6. The number of nitrogens with two attached hydrogens (primary N) is 3. The predicted octanol–water partition coefficient (Wildman–Crippen LogP) is 5.09. The van der Waals surface area contributed by atoms with Gasteiger partial charge in [-0.1, -0.05) is 243 Å². The minimum atomic E-state index is -5.43. The number of rotatable bonds is 50. The number of carbonyl (C=O) groups excluding carboxylic acids is 3. The summed E-state index contributed by atoms with van der Waals surface area (Å²) >= 11 is 0. The predicted molar refractivity (Wildman–Crippen MR) is 501 cm³/mol. The van der Waals surface area contributed by atoms with E-state index in [1.807, 2.05) is 210 Å². The summed E-state index contributed by atoms with van der Waals surface area (Å²) in [6.07, 6.45) is 4.16. The molecule has 0 saturated carbocycles. The van der Waals surface area contributed by atoms with Gasteiger partial charge in [0.25, 0.3) is 0 Å². The van der Waals surface area contributed by atoms with E-state index in [-0.39, 0.29) is 178 Å². The van der Waals surface area contributed by atoms with Gasteiger partial charge in [0.1, 0.15) is 11.6 Å². The van der Waals surface area contributed by atoms with Crippen LogP contribution in [0.15, 0.2) is 257 Å². The summed E-state index contributed by atoms with van der Waals surface area (Å²) in [5.74, 6) is -2.96. The number of sulfonamides is 3. The van der Waals surface area contributed by atoms with Crippen LogP contribution in [-0.4, -0.2) is 183 Å². The number of hydrogen-bond acceptors (Lipinski definition) is 21. The molecule has 3 amide bonds. The van der Waals surface area contributed by atoms with Gasteiger partial charge in [-0.25, -0.2) is 34.0 Å². The zero-order chi connectivity index (χ0) is 94.4. The Labute approximate surface area is 818 Å². The van der Waals surface area contributed by atoms with Crippen LogP contribution in [0.5, 0.6) is 0 Å². The molecule has 0 aliphatic heterocycles. The van der Waals surface area contributed by atoms with E-state index in [1.54, 1.807) is 47.1 Å². The normalized spacial score (nSPS) is 13.3. The number of unbranched alkanes of at least 4 members (excludes halogenated alkanes) is 3. The maximum atomic E-state index is 14.2. The molecule has 0 aliphatic carbocycles. The molecule has 702 valence electrons. The van der Waals surface area contributed by atoms with E-state index < -0.39 is 92.4 Å². The Bertz CT molecular complexity index is 5170. The number of amides is 3. The van der Waals surface area contributed by atoms with Crippen molar-refractivity contribution in [2.24, 2.45) is 17.8 Å². The van der Waals surface area contributed by atoms with Crippen molar-refractivity contribution in [1.29, 1.82) is 0 Å². The van der Waals surface area contributed by atoms with Gasteiger partial charge in [-0.2, -0.15) is 12.9 Å². The second-order valence-corrected chi connectivity index (χ2v) is 39.8. The second-order valence-electron chi connectivity index (χ2n) is 33.0. The molecular formula is C96H129F2N12Na2O15PS3. The number of aliphatic hydroxyl groups is 2. The third-order valence-electron chi connectivity index (χ3n) is 21.9. The SMILES string of the molecule is CN[C@H](C(=O)NCCCC[C@@H](CO)N(CC(C)C)S(=O)(=O)c1ccc(N)c(F)c1)C(c1ccccc1)c1ccccc1.CN[C@H](C(=O)NCCCC[C@@H](CO)N(CC(C)C)S(=O)(=O)c1ccc(N)cc1)C(c1ccccc1)c1ccccc1.CN[C@H](C(=O)NCCCC[C@@H](COP(=O)([O-])[O-])N(CC(C)C)S(=O)(=O)c1ccc(N)c(F)c1)C(c1ccccc1)c1ccccc1.[Na+].[Na+]. The number of phosphoric acid groups is 1. The van der Waals surface area contributed by atoms with Crippen molar-refractivity contribution in [2.45, 2.75) is 168 Å². The van der Waals surface area contributed by atoms with Crippen molar-refractivity contribution in [3.63, 3.8) is 0 Å². The number of benzene rings is 9. The summed E-state index contributed by atoms with van der Waals surface area (Å²) in [7, 11) is -12.4. The zero-order valence-electron chi connectivity index (χ0n) is 77.0. The van der Waals surface area contributed by atoms with Crippen LogP contribution in [0, 0.1) is 29.4 Å². The quantitative estimate of drug-likeness (QED) is 0.0102. The average Bonchev–Trinajstić information content (AvgIpc) is 0.792. The van der Waals surface area contributed by atoms with E-state index in [2.05, 4.69) is 36.4 Å². The Kier molecular flexibility index (Phi) is 49.7. The number of halogens is 2. The molecule has 0 aromatic heterocycles. The first-order valence-corrected chi connectivity index (χ1v) is 49.3. The standard InChI is InChI=1S/C32H44FN4O7PS.C32H43FN4O4S.C32H44N4O4S.2Na/c1-23(2)21-37(46(42,43)27-17-18-29(34)28(33)20-27)26(22-44-45(39,40)41)16-10-11-19-36-32(38)31(35-3)30(24-12-6-4-7-13-24)25-14-8-5-9-15-25;1-23(2)21-37(42(40,41)27-17-18-29(34)28(33)20-27)26(22-38)16-10-11-19-36-32(39)31(35-3)30(24-12-6-4-7-13-24)25-14-8-5-9-15-25;1-24(2)22-36(41(39,40)29-19-17-27(33)18-20-29)28(23-37)16-10-11-21-35-32(38)31(34-3)30(25-12-6-4-7-13-25)26-14-8-5-9-15-26;;/h4-9,12-15,17-18,20,23,26,30-31,35H,10-11,16,19,21-22,34H2,1-3H3,(H,36,38)(H2,39,40,41);4-9,12-15,17-18,20,23,26,30-31,35,38H,10-11,16,19,21-22,34H2,1-3H3,(H,36,39);4-9,12-15,17-20,24,28,30-31,34,37H,10-11,16,21-23,33H2,1-3H3,(H,35,38);;/q;;;2*+1/p-2/t2*26-,31-;28-,31-;;/m000../s1. The molecule has 0 aliphatic rings. The number of anilines is 3. The molecule has 14 N–H and O–H groups in total. The number of nitrogens with zero attached hydrogens (tertiary/aromatic N) is 3. The van der Waals surface area contributed by atoms with Gasteiger partial charge < -0.3 is 78.2 Å². The second kappa shape index (κ2) is 57.2. The molecule has 0 spiro atoms. The molecule has 0 saturated heterocycles. The molecule has 9 rings (SSSR count). The molecule has 9 aromatic carbocycles. The van der Waals surface area contributed by atoms with Gasteiger partial charge in [0, 0.05) is 80.8 Å². The van der Waals surface area contributed by atoms with E-state index in [4.69, 9.17) is 17.2 Å². The van der Waals surface area contributed by atoms with Crippen molar-refractivity contribution in [1.82, 2.24) is 44.8 Å². The van der Waals surface area contributed by atoms with Crippen LogP contribution < -0.4 is 118 Å². The number of likely N-dealkylation sites (N-methyl/N-ethyl adjacent to an activating group) is 3. The van der Waals surface area contributed by atoms with E-state index in [9.17, 15) is 73.0 Å². The Balaban J connectivity index is 0.000000346. The van der Waals surface area contributed by atoms with Crippen LogP contribution in [0.1, 0.15) is 150 Å². The summed E-state index contributed by atoms with van der Waals surface area (Å²) in [6, 6.07) is 67.8. The molecule has 0 bridgehead atoms. The van der Waals surface area contributed by atoms with E-state index in [1.165, 1.54) is 32.9 Å². The number of carbonyl (C=O) groups is 3. The van der Waals surface area contributed by atoms with Crippen LogP contribution >= 0.6 is 7.82 Å². The Morgan fingerprint density at radius 2 is 0.634 bits per heavy atom. The molecule has 0 fully saturated rings. The molecule has 0 unspecified atom stereocenters. The molecule has 6 atom stereocenters. The minimum Gasteiger partial charge on any atom is -0.790 e. The van der Waals surface area contributed by atoms with Crippen molar-refractivity contribution in [3.05, 3.63) is 288 Å². The van der Waals surface area contributed by atoms with Gasteiger partial charge in [0.15, 0.2) is 0 Å². The first kappa shape index (κ1) is 114. The third kappa shape index (κ3) is 35.2. The molecule has 35 heteroatoms. The fourth-order valence-corrected chi connectivity index (χ4v) is 21.3. The van der Waals surface area contributed by atoms with Crippen LogP contribution in [-0.2, 0) is 53.5 Å². The number of nitrogen functional groups attached to an aromatic ring is 3. The van der Waals surface area contributed by atoms with Gasteiger partial charge in [-0.15, -0.1) is 0 Å². The summed E-state index contributed by atoms with van der Waals surface area (Å²) in [6.45, 7) is 11.3. The molecule has 9 aromatic rings. The van der Waals surface area contributed by atoms with E-state index >= 15 is 0 Å². The molecular weight excluding hydrogens is 1770 g/mol. The summed E-state index contributed by atoms with van der Waals surface area (Å²) in [5.41, 5.74) is 23.0. The Hall–Kier alpha value is -7.71. The van der Waals surface area contributed by atoms with Gasteiger partial charge in [0.2, 0.25) is 47.8 Å². The summed E-state index contributed by atoms with van der Waals surface area (Å²) < 4.78 is 129. The largest absolute Gasteiger partial charge is 1.00 e. The summed E-state index contributed by atoms with van der Waals surface area (Å²) in [4.78, 5) is 62.4. The first-order chi connectivity index (χ1) is 61.5.